The molecule has 11 heteroatoms. The van der Waals surface area contributed by atoms with Crippen molar-refractivity contribution in [2.75, 3.05) is 31.6 Å². The second-order valence-electron chi connectivity index (χ2n) is 9.30. The molecule has 3 aromatic heterocycles. The van der Waals surface area contributed by atoms with E-state index in [1.165, 1.54) is 0 Å². The molecule has 2 aliphatic rings. The highest BCUT2D eigenvalue weighted by Crippen LogP contribution is 2.36. The number of rotatable bonds is 7. The highest BCUT2D eigenvalue weighted by atomic mass is 16.6. The highest BCUT2D eigenvalue weighted by Gasteiger charge is 2.30. The van der Waals surface area contributed by atoms with E-state index in [0.29, 0.717) is 11.6 Å². The molecule has 2 fully saturated rings. The molecule has 0 radical (unpaired) electrons. The monoisotopic (exact) mass is 468 g/mol. The summed E-state index contributed by atoms with van der Waals surface area (Å²) < 4.78 is 12.8. The molecule has 1 aliphatic carbocycles. The van der Waals surface area contributed by atoms with Crippen molar-refractivity contribution < 1.29 is 14.3 Å². The number of amides is 1. The fourth-order valence-electron chi connectivity index (χ4n) is 4.62. The Morgan fingerprint density at radius 2 is 2.15 bits per heavy atom. The van der Waals surface area contributed by atoms with Gasteiger partial charge in [0.05, 0.1) is 18.9 Å². The zero-order valence-corrected chi connectivity index (χ0v) is 19.7. The van der Waals surface area contributed by atoms with Gasteiger partial charge >= 0.3 is 6.09 Å². The second kappa shape index (κ2) is 9.98. The van der Waals surface area contributed by atoms with Crippen LogP contribution in [0, 0.1) is 0 Å². The summed E-state index contributed by atoms with van der Waals surface area (Å²) in [4.78, 5) is 18.8. The van der Waals surface area contributed by atoms with Crippen LogP contribution in [0.15, 0.2) is 24.5 Å². The van der Waals surface area contributed by atoms with Gasteiger partial charge in [0.25, 0.3) is 0 Å². The summed E-state index contributed by atoms with van der Waals surface area (Å²) in [7, 11) is 0. The van der Waals surface area contributed by atoms with E-state index in [9.17, 15) is 4.79 Å². The average Bonchev–Trinajstić information content (AvgIpc) is 3.54. The summed E-state index contributed by atoms with van der Waals surface area (Å²) in [5.41, 5.74) is 2.94. The molecule has 4 heterocycles. The van der Waals surface area contributed by atoms with E-state index in [0.717, 1.165) is 69.0 Å². The molecule has 0 spiro atoms. The Kier molecular flexibility index (Phi) is 6.63. The van der Waals surface area contributed by atoms with E-state index in [1.54, 1.807) is 6.20 Å². The van der Waals surface area contributed by atoms with Crippen molar-refractivity contribution in [1.82, 2.24) is 35.0 Å². The molecule has 182 valence electrons. The fourth-order valence-corrected chi connectivity index (χ4v) is 4.62. The predicted octanol–water partition coefficient (Wildman–Crippen LogP) is 2.80. The van der Waals surface area contributed by atoms with Gasteiger partial charge in [-0.15, -0.1) is 0 Å². The standard InChI is InChI=1S/C23H32N8O3/c1-15(2)25-23(32)34-18-4-3-16(11-18)19-13-21(28-27-19)26-22-20-12-17(29-31(20)6-5-24-22)14-30-7-9-33-10-8-30/h5-6,12-13,15-16,18H,3-4,7-11,14H2,1-2H3,(H,25,32)(H2,24,26,27,28)/t16-,18+/m0/s1. The van der Waals surface area contributed by atoms with Gasteiger partial charge < -0.3 is 20.1 Å². The number of anilines is 2. The third-order valence-corrected chi connectivity index (χ3v) is 6.28. The van der Waals surface area contributed by atoms with E-state index < -0.39 is 0 Å². The van der Waals surface area contributed by atoms with Crippen molar-refractivity contribution in [3.8, 4) is 0 Å². The minimum atomic E-state index is -0.347. The molecule has 1 saturated heterocycles. The van der Waals surface area contributed by atoms with Gasteiger partial charge in [-0.25, -0.2) is 14.3 Å². The maximum absolute atomic E-state index is 11.9. The second-order valence-corrected chi connectivity index (χ2v) is 9.30. The van der Waals surface area contributed by atoms with E-state index >= 15 is 0 Å². The predicted molar refractivity (Wildman–Crippen MR) is 126 cm³/mol. The first-order chi connectivity index (χ1) is 16.5. The van der Waals surface area contributed by atoms with Crippen LogP contribution in [0.4, 0.5) is 16.4 Å². The number of hydrogen-bond acceptors (Lipinski definition) is 8. The number of carbonyl (C=O) groups excluding carboxylic acids is 1. The van der Waals surface area contributed by atoms with Gasteiger partial charge in [-0.05, 0) is 39.2 Å². The van der Waals surface area contributed by atoms with E-state index in [2.05, 4.69) is 36.8 Å². The summed E-state index contributed by atoms with van der Waals surface area (Å²) >= 11 is 0. The summed E-state index contributed by atoms with van der Waals surface area (Å²) in [5, 5.41) is 18.4. The minimum Gasteiger partial charge on any atom is -0.446 e. The number of ether oxygens (including phenoxy) is 2. The van der Waals surface area contributed by atoms with Gasteiger partial charge in [-0.3, -0.25) is 10.00 Å². The number of carbonyl (C=O) groups is 1. The molecular formula is C23H32N8O3. The number of alkyl carbamates (subject to hydrolysis) is 1. The highest BCUT2D eigenvalue weighted by molar-refractivity contribution is 5.72. The van der Waals surface area contributed by atoms with Crippen LogP contribution in [0.2, 0.25) is 0 Å². The number of aromatic nitrogens is 5. The van der Waals surface area contributed by atoms with E-state index in [-0.39, 0.29) is 24.2 Å². The molecule has 0 bridgehead atoms. The third-order valence-electron chi connectivity index (χ3n) is 6.28. The molecule has 2 atom stereocenters. The van der Waals surface area contributed by atoms with Crippen LogP contribution in [-0.2, 0) is 16.0 Å². The summed E-state index contributed by atoms with van der Waals surface area (Å²) in [5.74, 6) is 1.69. The van der Waals surface area contributed by atoms with Crippen LogP contribution in [0.5, 0.6) is 0 Å². The zero-order valence-electron chi connectivity index (χ0n) is 19.7. The first-order valence-corrected chi connectivity index (χ1v) is 12.0. The molecule has 11 nitrogen and oxygen atoms in total. The molecular weight excluding hydrogens is 436 g/mol. The van der Waals surface area contributed by atoms with Crippen molar-refractivity contribution in [3.63, 3.8) is 0 Å². The number of fused-ring (bicyclic) bond motifs is 1. The lowest BCUT2D eigenvalue weighted by Gasteiger charge is -2.25. The first-order valence-electron chi connectivity index (χ1n) is 12.0. The van der Waals surface area contributed by atoms with Crippen LogP contribution in [0.3, 0.4) is 0 Å². The number of nitrogens with zero attached hydrogens (tertiary/aromatic N) is 5. The van der Waals surface area contributed by atoms with Crippen LogP contribution in [0.1, 0.15) is 50.4 Å². The van der Waals surface area contributed by atoms with Crippen molar-refractivity contribution in [1.29, 1.82) is 0 Å². The summed E-state index contributed by atoms with van der Waals surface area (Å²) in [6.45, 7) is 8.00. The Labute approximate surface area is 198 Å². The van der Waals surface area contributed by atoms with Crippen LogP contribution >= 0.6 is 0 Å². The fraction of sp³-hybridized carbons (Fsp3) is 0.565. The number of aromatic amines is 1. The molecule has 1 amide bonds. The molecule has 3 N–H and O–H groups in total. The van der Waals surface area contributed by atoms with Crippen LogP contribution < -0.4 is 10.6 Å². The maximum atomic E-state index is 11.9. The SMILES string of the molecule is CC(C)NC(=O)O[C@@H]1CC[C@H](c2cc(Nc3nccn4nc(CN5CCOCC5)cc34)n[nH]2)C1. The molecule has 34 heavy (non-hydrogen) atoms. The van der Waals surface area contributed by atoms with Gasteiger partial charge in [-0.1, -0.05) is 0 Å². The lowest BCUT2D eigenvalue weighted by atomic mass is 10.0. The molecule has 3 aromatic rings. The Morgan fingerprint density at radius 1 is 1.29 bits per heavy atom. The Hall–Kier alpha value is -3.18. The summed E-state index contributed by atoms with van der Waals surface area (Å²) in [6, 6.07) is 4.15. The molecule has 0 aromatic carbocycles. The van der Waals surface area contributed by atoms with Crippen molar-refractivity contribution in [2.24, 2.45) is 0 Å². The molecule has 0 unspecified atom stereocenters. The van der Waals surface area contributed by atoms with Gasteiger partial charge in [0.1, 0.15) is 11.6 Å². The van der Waals surface area contributed by atoms with Crippen molar-refractivity contribution in [3.05, 3.63) is 35.9 Å². The first kappa shape index (κ1) is 22.6. The average molecular weight is 469 g/mol. The maximum Gasteiger partial charge on any atom is 0.407 e. The zero-order chi connectivity index (χ0) is 23.5. The molecule has 1 saturated carbocycles. The largest absolute Gasteiger partial charge is 0.446 e. The number of nitrogens with one attached hydrogen (secondary N) is 3. The van der Waals surface area contributed by atoms with Gasteiger partial charge in [0.15, 0.2) is 11.6 Å². The van der Waals surface area contributed by atoms with Gasteiger partial charge in [0, 0.05) is 55.7 Å². The minimum absolute atomic E-state index is 0.0650. The normalized spacial score (nSPS) is 21.3. The Morgan fingerprint density at radius 3 is 2.97 bits per heavy atom. The number of H-pyrrole nitrogens is 1. The topological polar surface area (TPSA) is 122 Å². The third kappa shape index (κ3) is 5.31. The molecule has 1 aliphatic heterocycles. The number of morpholine rings is 1. The lowest BCUT2D eigenvalue weighted by molar-refractivity contribution is 0.0336. The smallest absolute Gasteiger partial charge is 0.407 e. The van der Waals surface area contributed by atoms with E-state index in [1.807, 2.05) is 30.6 Å². The van der Waals surface area contributed by atoms with Gasteiger partial charge in [-0.2, -0.15) is 10.2 Å². The summed E-state index contributed by atoms with van der Waals surface area (Å²) in [6.07, 6.45) is 5.75. The van der Waals surface area contributed by atoms with Crippen LogP contribution in [-0.4, -0.2) is 74.2 Å². The lowest BCUT2D eigenvalue weighted by Crippen LogP contribution is -2.35. The quantitative estimate of drug-likeness (QED) is 0.484. The van der Waals surface area contributed by atoms with Gasteiger partial charge in [0.2, 0.25) is 0 Å². The van der Waals surface area contributed by atoms with Crippen LogP contribution in [0.25, 0.3) is 5.52 Å². The Bertz CT molecular complexity index is 1120. The molecule has 5 rings (SSSR count). The van der Waals surface area contributed by atoms with Crippen molar-refractivity contribution in [2.45, 2.75) is 57.7 Å². The van der Waals surface area contributed by atoms with Crippen molar-refractivity contribution >= 4 is 23.2 Å². The van der Waals surface area contributed by atoms with E-state index in [4.69, 9.17) is 14.6 Å². The number of hydrogen-bond donors (Lipinski definition) is 3. The Balaban J connectivity index is 1.22.